The number of rotatable bonds is 6. The number of likely N-dealkylation sites (N-methyl/N-ethyl adjacent to an activating group) is 1. The third kappa shape index (κ3) is 6.38. The van der Waals surface area contributed by atoms with Crippen LogP contribution in [-0.2, 0) is 6.54 Å². The number of aromatic nitrogens is 2. The lowest BCUT2D eigenvalue weighted by atomic mass is 10.3. The van der Waals surface area contributed by atoms with Crippen molar-refractivity contribution in [1.29, 1.82) is 0 Å². The molecule has 19 heavy (non-hydrogen) atoms. The molecule has 0 aliphatic carbocycles. The average Bonchev–Trinajstić information content (AvgIpc) is 2.27. The Balaban J connectivity index is 2.75. The van der Waals surface area contributed by atoms with Crippen LogP contribution in [0.15, 0.2) is 6.20 Å². The summed E-state index contributed by atoms with van der Waals surface area (Å²) in [6.07, 6.45) is -2.94. The van der Waals surface area contributed by atoms with Crippen molar-refractivity contribution in [3.8, 4) is 0 Å². The fourth-order valence-electron chi connectivity index (χ4n) is 1.45. The molecule has 108 valence electrons. The van der Waals surface area contributed by atoms with Gasteiger partial charge in [-0.05, 0) is 18.6 Å². The summed E-state index contributed by atoms with van der Waals surface area (Å²) in [4.78, 5) is 8.63. The molecule has 0 bridgehead atoms. The zero-order valence-electron chi connectivity index (χ0n) is 10.1. The minimum absolute atomic E-state index is 0.0111. The van der Waals surface area contributed by atoms with Gasteiger partial charge in [0.05, 0.1) is 6.54 Å². The number of hydrogen-bond acceptors (Lipinski definition) is 4. The van der Waals surface area contributed by atoms with Crippen LogP contribution in [0.5, 0.6) is 0 Å². The highest BCUT2D eigenvalue weighted by molar-refractivity contribution is 6.32. The van der Waals surface area contributed by atoms with E-state index in [1.807, 2.05) is 0 Å². The summed E-state index contributed by atoms with van der Waals surface area (Å²) in [6.45, 7) is -0.345. The quantitative estimate of drug-likeness (QED) is 0.646. The van der Waals surface area contributed by atoms with Gasteiger partial charge in [0.15, 0.2) is 0 Å². The van der Waals surface area contributed by atoms with Crippen molar-refractivity contribution in [2.45, 2.75) is 12.7 Å². The number of nitrogens with zero attached hydrogens (tertiary/aromatic N) is 3. The van der Waals surface area contributed by atoms with E-state index >= 15 is 0 Å². The van der Waals surface area contributed by atoms with Gasteiger partial charge in [0.2, 0.25) is 5.28 Å². The van der Waals surface area contributed by atoms with Gasteiger partial charge < -0.3 is 5.32 Å². The first-order valence-electron chi connectivity index (χ1n) is 5.42. The molecular formula is C10H13Cl2F3N4. The second kappa shape index (κ2) is 7.23. The molecule has 4 nitrogen and oxygen atoms in total. The smallest absolute Gasteiger partial charge is 0.318 e. The highest BCUT2D eigenvalue weighted by Crippen LogP contribution is 2.20. The minimum Gasteiger partial charge on any atom is -0.318 e. The van der Waals surface area contributed by atoms with Crippen LogP contribution in [0.2, 0.25) is 10.4 Å². The van der Waals surface area contributed by atoms with Crippen molar-refractivity contribution in [2.24, 2.45) is 0 Å². The normalized spacial score (nSPS) is 12.2. The Labute approximate surface area is 118 Å². The zero-order valence-corrected chi connectivity index (χ0v) is 11.6. The molecule has 1 N–H and O–H groups in total. The molecule has 0 fully saturated rings. The first-order valence-corrected chi connectivity index (χ1v) is 6.18. The largest absolute Gasteiger partial charge is 0.401 e. The van der Waals surface area contributed by atoms with Crippen molar-refractivity contribution in [3.05, 3.63) is 22.2 Å². The first-order chi connectivity index (χ1) is 8.81. The molecule has 0 aliphatic rings. The molecule has 1 rings (SSSR count). The highest BCUT2D eigenvalue weighted by atomic mass is 35.5. The predicted molar refractivity (Wildman–Crippen MR) is 67.3 cm³/mol. The molecule has 0 atom stereocenters. The van der Waals surface area contributed by atoms with Gasteiger partial charge in [0, 0.05) is 31.4 Å². The van der Waals surface area contributed by atoms with E-state index in [2.05, 4.69) is 15.3 Å². The maximum atomic E-state index is 12.5. The van der Waals surface area contributed by atoms with Crippen LogP contribution in [0.25, 0.3) is 0 Å². The van der Waals surface area contributed by atoms with Crippen molar-refractivity contribution < 1.29 is 13.2 Å². The molecule has 0 saturated heterocycles. The molecule has 0 spiro atoms. The van der Waals surface area contributed by atoms with Gasteiger partial charge in [0.25, 0.3) is 0 Å². The Morgan fingerprint density at radius 1 is 1.37 bits per heavy atom. The molecule has 0 amide bonds. The zero-order chi connectivity index (χ0) is 14.5. The van der Waals surface area contributed by atoms with Crippen LogP contribution in [0.3, 0.4) is 0 Å². The Hall–Kier alpha value is -0.630. The second-order valence-electron chi connectivity index (χ2n) is 3.88. The lowest BCUT2D eigenvalue weighted by Gasteiger charge is -2.23. The van der Waals surface area contributed by atoms with E-state index in [0.29, 0.717) is 12.1 Å². The van der Waals surface area contributed by atoms with Crippen LogP contribution >= 0.6 is 23.2 Å². The lowest BCUT2D eigenvalue weighted by molar-refractivity contribution is -0.146. The Kier molecular flexibility index (Phi) is 6.25. The third-order valence-corrected chi connectivity index (χ3v) is 2.77. The minimum atomic E-state index is -4.27. The van der Waals surface area contributed by atoms with E-state index in [4.69, 9.17) is 23.2 Å². The summed E-state index contributed by atoms with van der Waals surface area (Å²) in [5.74, 6) is 0. The van der Waals surface area contributed by atoms with Crippen LogP contribution in [0.1, 0.15) is 5.56 Å². The lowest BCUT2D eigenvalue weighted by Crippen LogP contribution is -2.37. The van der Waals surface area contributed by atoms with Gasteiger partial charge in [-0.2, -0.15) is 13.2 Å². The third-order valence-electron chi connectivity index (χ3n) is 2.26. The van der Waals surface area contributed by atoms with E-state index in [0.717, 1.165) is 0 Å². The van der Waals surface area contributed by atoms with Gasteiger partial charge in [-0.3, -0.25) is 4.90 Å². The van der Waals surface area contributed by atoms with E-state index in [1.165, 1.54) is 11.1 Å². The molecule has 0 aliphatic heterocycles. The first kappa shape index (κ1) is 16.4. The van der Waals surface area contributed by atoms with E-state index < -0.39 is 12.7 Å². The van der Waals surface area contributed by atoms with Gasteiger partial charge >= 0.3 is 6.18 Å². The fraction of sp³-hybridized carbons (Fsp3) is 0.600. The number of nitrogens with one attached hydrogen (secondary N) is 1. The van der Waals surface area contributed by atoms with Gasteiger partial charge in [0.1, 0.15) is 5.15 Å². The number of hydrogen-bond donors (Lipinski definition) is 1. The van der Waals surface area contributed by atoms with Crippen LogP contribution in [0, 0.1) is 0 Å². The van der Waals surface area contributed by atoms with Crippen molar-refractivity contribution >= 4 is 23.2 Å². The van der Waals surface area contributed by atoms with Crippen LogP contribution in [-0.4, -0.2) is 47.7 Å². The molecule has 0 radical (unpaired) electrons. The molecule has 1 heterocycles. The summed E-state index contributed by atoms with van der Waals surface area (Å²) in [5.41, 5.74) is 0.409. The van der Waals surface area contributed by atoms with E-state index in [-0.39, 0.29) is 23.5 Å². The Bertz CT molecular complexity index is 414. The topological polar surface area (TPSA) is 41.0 Å². The van der Waals surface area contributed by atoms with Gasteiger partial charge in [-0.1, -0.05) is 11.6 Å². The summed E-state index contributed by atoms with van der Waals surface area (Å²) in [6, 6.07) is 0. The molecule has 0 unspecified atom stereocenters. The SMILES string of the molecule is CNCCN(Cc1cnc(Cl)nc1Cl)CC(F)(F)F. The summed E-state index contributed by atoms with van der Waals surface area (Å²) in [5, 5.41) is 2.83. The fourth-order valence-corrected chi connectivity index (χ4v) is 1.82. The molecule has 9 heteroatoms. The maximum absolute atomic E-state index is 12.5. The van der Waals surface area contributed by atoms with Crippen molar-refractivity contribution in [3.63, 3.8) is 0 Å². The predicted octanol–water partition coefficient (Wildman–Crippen LogP) is 2.37. The van der Waals surface area contributed by atoms with E-state index in [1.54, 1.807) is 7.05 Å². The Morgan fingerprint density at radius 3 is 2.58 bits per heavy atom. The molecule has 1 aromatic heterocycles. The molecule has 0 saturated carbocycles. The van der Waals surface area contributed by atoms with Gasteiger partial charge in [-0.15, -0.1) is 0 Å². The monoisotopic (exact) mass is 316 g/mol. The second-order valence-corrected chi connectivity index (χ2v) is 4.58. The Morgan fingerprint density at radius 2 is 2.05 bits per heavy atom. The number of halogens is 5. The summed E-state index contributed by atoms with van der Waals surface area (Å²) in [7, 11) is 1.67. The molecule has 1 aromatic rings. The average molecular weight is 317 g/mol. The summed E-state index contributed by atoms with van der Waals surface area (Å²) >= 11 is 11.4. The maximum Gasteiger partial charge on any atom is 0.401 e. The summed E-state index contributed by atoms with van der Waals surface area (Å²) < 4.78 is 37.4. The molecular weight excluding hydrogens is 304 g/mol. The van der Waals surface area contributed by atoms with E-state index in [9.17, 15) is 13.2 Å². The standard InChI is InChI=1S/C10H13Cl2F3N4/c1-16-2-3-19(6-10(13,14)15)5-7-4-17-9(12)18-8(7)11/h4,16H,2-3,5-6H2,1H3. The number of alkyl halides is 3. The van der Waals surface area contributed by atoms with Crippen molar-refractivity contribution in [1.82, 2.24) is 20.2 Å². The van der Waals surface area contributed by atoms with Gasteiger partial charge in [-0.25, -0.2) is 9.97 Å². The van der Waals surface area contributed by atoms with Crippen LogP contribution < -0.4 is 5.32 Å². The van der Waals surface area contributed by atoms with Crippen molar-refractivity contribution in [2.75, 3.05) is 26.7 Å². The van der Waals surface area contributed by atoms with Crippen LogP contribution in [0.4, 0.5) is 13.2 Å². The highest BCUT2D eigenvalue weighted by Gasteiger charge is 2.30. The molecule has 0 aromatic carbocycles.